The third-order valence-electron chi connectivity index (χ3n) is 3.13. The van der Waals surface area contributed by atoms with Crippen molar-refractivity contribution in [3.63, 3.8) is 0 Å². The van der Waals surface area contributed by atoms with Crippen LogP contribution in [-0.2, 0) is 14.6 Å². The summed E-state index contributed by atoms with van der Waals surface area (Å²) in [4.78, 5) is 13.8. The van der Waals surface area contributed by atoms with Gasteiger partial charge < -0.3 is 10.6 Å². The van der Waals surface area contributed by atoms with Crippen LogP contribution in [0.3, 0.4) is 0 Å². The van der Waals surface area contributed by atoms with Gasteiger partial charge in [0.15, 0.2) is 0 Å². The van der Waals surface area contributed by atoms with E-state index in [4.69, 9.17) is 5.73 Å². The van der Waals surface area contributed by atoms with E-state index in [0.717, 1.165) is 38.5 Å². The normalized spacial score (nSPS) is 21.5. The zero-order chi connectivity index (χ0) is 12.9. The highest BCUT2D eigenvalue weighted by Gasteiger charge is 2.26. The predicted molar refractivity (Wildman–Crippen MR) is 67.4 cm³/mol. The molecule has 0 saturated carbocycles. The zero-order valence-electron chi connectivity index (χ0n) is 10.4. The molecule has 1 unspecified atom stereocenters. The molecule has 1 aliphatic rings. The van der Waals surface area contributed by atoms with Crippen LogP contribution in [0, 0.1) is 0 Å². The molecule has 1 rings (SSSR count). The Bertz CT molecular complexity index is 352. The lowest BCUT2D eigenvalue weighted by Crippen LogP contribution is -2.45. The van der Waals surface area contributed by atoms with E-state index < -0.39 is 9.84 Å². The van der Waals surface area contributed by atoms with Crippen molar-refractivity contribution >= 4 is 15.7 Å². The Morgan fingerprint density at radius 2 is 2.12 bits per heavy atom. The second kappa shape index (κ2) is 6.35. The Kier molecular flexibility index (Phi) is 5.39. The first-order valence-electron chi connectivity index (χ1n) is 6.11. The maximum absolute atomic E-state index is 12.0. The highest BCUT2D eigenvalue weighted by Crippen LogP contribution is 2.20. The minimum Gasteiger partial charge on any atom is -0.340 e. The number of rotatable bonds is 5. The molecular formula is C11H22N2O3S. The van der Waals surface area contributed by atoms with Crippen LogP contribution < -0.4 is 5.73 Å². The fourth-order valence-corrected chi connectivity index (χ4v) is 2.78. The monoisotopic (exact) mass is 262 g/mol. The van der Waals surface area contributed by atoms with Crippen molar-refractivity contribution < 1.29 is 13.2 Å². The Hall–Kier alpha value is -0.620. The molecular weight excluding hydrogens is 240 g/mol. The molecule has 1 aliphatic heterocycles. The van der Waals surface area contributed by atoms with Crippen LogP contribution in [0.25, 0.3) is 0 Å². The topological polar surface area (TPSA) is 80.5 Å². The van der Waals surface area contributed by atoms with Crippen LogP contribution in [-0.4, -0.2) is 50.4 Å². The lowest BCUT2D eigenvalue weighted by molar-refractivity contribution is -0.134. The lowest BCUT2D eigenvalue weighted by Gasteiger charge is -2.35. The summed E-state index contributed by atoms with van der Waals surface area (Å²) in [6.07, 6.45) is 5.19. The largest absolute Gasteiger partial charge is 0.340 e. The maximum Gasteiger partial charge on any atom is 0.223 e. The summed E-state index contributed by atoms with van der Waals surface area (Å²) >= 11 is 0. The van der Waals surface area contributed by atoms with Gasteiger partial charge in [-0.15, -0.1) is 0 Å². The molecule has 1 amide bonds. The average Bonchev–Trinajstić information content (AvgIpc) is 2.26. The summed E-state index contributed by atoms with van der Waals surface area (Å²) < 4.78 is 22.1. The number of nitrogens with two attached hydrogens (primary N) is 1. The van der Waals surface area contributed by atoms with Crippen LogP contribution in [0.5, 0.6) is 0 Å². The second-order valence-corrected chi connectivity index (χ2v) is 6.95. The lowest BCUT2D eigenvalue weighted by atomic mass is 9.99. The first kappa shape index (κ1) is 14.4. The summed E-state index contributed by atoms with van der Waals surface area (Å²) in [6, 6.07) is 0.209. The fraction of sp³-hybridized carbons (Fsp3) is 0.909. The van der Waals surface area contributed by atoms with E-state index in [1.165, 1.54) is 0 Å². The molecule has 0 aromatic rings. The van der Waals surface area contributed by atoms with Crippen LogP contribution in [0.15, 0.2) is 0 Å². The predicted octanol–water partition coefficient (Wildman–Crippen LogP) is 0.151. The van der Waals surface area contributed by atoms with E-state index in [-0.39, 0.29) is 24.1 Å². The van der Waals surface area contributed by atoms with E-state index in [1.54, 1.807) is 0 Å². The molecule has 1 atom stereocenters. The summed E-state index contributed by atoms with van der Waals surface area (Å²) in [7, 11) is -3.06. The van der Waals surface area contributed by atoms with E-state index >= 15 is 0 Å². The van der Waals surface area contributed by atoms with Crippen molar-refractivity contribution in [2.24, 2.45) is 5.73 Å². The molecule has 0 aromatic carbocycles. The zero-order valence-corrected chi connectivity index (χ0v) is 11.2. The van der Waals surface area contributed by atoms with Gasteiger partial charge in [-0.1, -0.05) is 0 Å². The SMILES string of the molecule is CS(=O)(=O)CCC(=O)N1CCCCC1CCN. The Labute approximate surface area is 103 Å². The molecule has 0 bridgehead atoms. The molecule has 0 aliphatic carbocycles. The third kappa shape index (κ3) is 5.04. The number of amides is 1. The quantitative estimate of drug-likeness (QED) is 0.765. The minimum atomic E-state index is -3.06. The Morgan fingerprint density at radius 1 is 1.41 bits per heavy atom. The maximum atomic E-state index is 12.0. The van der Waals surface area contributed by atoms with Crippen LogP contribution >= 0.6 is 0 Å². The van der Waals surface area contributed by atoms with Gasteiger partial charge in [-0.05, 0) is 32.2 Å². The van der Waals surface area contributed by atoms with Gasteiger partial charge in [-0.2, -0.15) is 0 Å². The average molecular weight is 262 g/mol. The van der Waals surface area contributed by atoms with Crippen LogP contribution in [0.1, 0.15) is 32.1 Å². The van der Waals surface area contributed by atoms with Crippen molar-refractivity contribution in [3.05, 3.63) is 0 Å². The van der Waals surface area contributed by atoms with Gasteiger partial charge in [-0.25, -0.2) is 8.42 Å². The number of nitrogens with zero attached hydrogens (tertiary/aromatic N) is 1. The highest BCUT2D eigenvalue weighted by molar-refractivity contribution is 7.90. The third-order valence-corrected chi connectivity index (χ3v) is 4.08. The first-order valence-corrected chi connectivity index (χ1v) is 8.17. The molecule has 0 spiro atoms. The van der Waals surface area contributed by atoms with Crippen molar-refractivity contribution in [3.8, 4) is 0 Å². The molecule has 1 heterocycles. The minimum absolute atomic E-state index is 0.0476. The van der Waals surface area contributed by atoms with Crippen LogP contribution in [0.4, 0.5) is 0 Å². The molecule has 6 heteroatoms. The van der Waals surface area contributed by atoms with Gasteiger partial charge >= 0.3 is 0 Å². The molecule has 0 radical (unpaired) electrons. The molecule has 17 heavy (non-hydrogen) atoms. The summed E-state index contributed by atoms with van der Waals surface area (Å²) in [5.74, 6) is -0.105. The molecule has 1 fully saturated rings. The number of carbonyl (C=O) groups is 1. The second-order valence-electron chi connectivity index (χ2n) is 4.69. The smallest absolute Gasteiger partial charge is 0.223 e. The molecule has 100 valence electrons. The number of carbonyl (C=O) groups excluding carboxylic acids is 1. The van der Waals surface area contributed by atoms with E-state index in [2.05, 4.69) is 0 Å². The molecule has 1 saturated heterocycles. The van der Waals surface area contributed by atoms with Gasteiger partial charge in [-0.3, -0.25) is 4.79 Å². The van der Waals surface area contributed by atoms with Gasteiger partial charge in [0, 0.05) is 25.3 Å². The van der Waals surface area contributed by atoms with Crippen molar-refractivity contribution in [2.45, 2.75) is 38.1 Å². The number of hydrogen-bond acceptors (Lipinski definition) is 4. The number of piperidine rings is 1. The first-order chi connectivity index (χ1) is 7.94. The summed E-state index contributed by atoms with van der Waals surface area (Å²) in [5, 5.41) is 0. The van der Waals surface area contributed by atoms with Gasteiger partial charge in [0.25, 0.3) is 0 Å². The fourth-order valence-electron chi connectivity index (χ4n) is 2.24. The highest BCUT2D eigenvalue weighted by atomic mass is 32.2. The molecule has 5 nitrogen and oxygen atoms in total. The molecule has 0 aromatic heterocycles. The standard InChI is InChI=1S/C11H22N2O3S/c1-17(15,16)9-6-11(14)13-8-3-2-4-10(13)5-7-12/h10H,2-9,12H2,1H3. The van der Waals surface area contributed by atoms with Crippen LogP contribution in [0.2, 0.25) is 0 Å². The van der Waals surface area contributed by atoms with E-state index in [0.29, 0.717) is 6.54 Å². The molecule has 2 N–H and O–H groups in total. The van der Waals surface area contributed by atoms with Gasteiger partial charge in [0.1, 0.15) is 9.84 Å². The Balaban J connectivity index is 2.53. The van der Waals surface area contributed by atoms with E-state index in [1.807, 2.05) is 4.90 Å². The van der Waals surface area contributed by atoms with Crippen molar-refractivity contribution in [1.29, 1.82) is 0 Å². The van der Waals surface area contributed by atoms with Gasteiger partial charge in [0.2, 0.25) is 5.91 Å². The number of sulfone groups is 1. The Morgan fingerprint density at radius 3 is 2.71 bits per heavy atom. The summed E-state index contributed by atoms with van der Waals surface area (Å²) in [6.45, 7) is 1.31. The van der Waals surface area contributed by atoms with Gasteiger partial charge in [0.05, 0.1) is 5.75 Å². The van der Waals surface area contributed by atoms with E-state index in [9.17, 15) is 13.2 Å². The van der Waals surface area contributed by atoms with Crippen molar-refractivity contribution in [1.82, 2.24) is 4.90 Å². The number of likely N-dealkylation sites (tertiary alicyclic amines) is 1. The van der Waals surface area contributed by atoms with Crippen molar-refractivity contribution in [2.75, 3.05) is 25.1 Å². The number of hydrogen-bond donors (Lipinski definition) is 1. The summed E-state index contributed by atoms with van der Waals surface area (Å²) in [5.41, 5.74) is 5.53.